The van der Waals surface area contributed by atoms with Gasteiger partial charge in [-0.05, 0) is 31.4 Å². The maximum atomic E-state index is 4.45. The number of hydrogen-bond acceptors (Lipinski definition) is 4. The number of aliphatic imine (C=N–C) groups is 1. The molecule has 0 amide bonds. The summed E-state index contributed by atoms with van der Waals surface area (Å²) >= 11 is 0. The van der Waals surface area contributed by atoms with Gasteiger partial charge in [-0.2, -0.15) is 0 Å². The van der Waals surface area contributed by atoms with E-state index in [0.29, 0.717) is 6.04 Å². The first-order valence-electron chi connectivity index (χ1n) is 7.61. The summed E-state index contributed by atoms with van der Waals surface area (Å²) in [6, 6.07) is 11.2. The Hall–Kier alpha value is -1.55. The second kappa shape index (κ2) is 6.27. The Bertz CT molecular complexity index is 457. The third-order valence-corrected chi connectivity index (χ3v) is 4.08. The molecule has 0 radical (unpaired) electrons. The smallest absolute Gasteiger partial charge is 0.191 e. The minimum absolute atomic E-state index is 0.482. The minimum atomic E-state index is 0.482. The van der Waals surface area contributed by atoms with Gasteiger partial charge in [0.15, 0.2) is 5.96 Å². The van der Waals surface area contributed by atoms with E-state index in [1.165, 1.54) is 25.1 Å². The molecule has 1 fully saturated rings. The number of guanidine groups is 1. The first-order chi connectivity index (χ1) is 9.79. The third kappa shape index (κ3) is 3.51. The van der Waals surface area contributed by atoms with Crippen molar-refractivity contribution in [1.29, 1.82) is 0 Å². The van der Waals surface area contributed by atoms with Crippen LogP contribution in [0.15, 0.2) is 35.3 Å². The van der Waals surface area contributed by atoms with Gasteiger partial charge in [-0.15, -0.1) is 0 Å². The van der Waals surface area contributed by atoms with E-state index in [1.54, 1.807) is 0 Å². The number of hydrogen-bond donors (Lipinski definition) is 2. The van der Waals surface area contributed by atoms with Gasteiger partial charge in [-0.25, -0.2) is 0 Å². The zero-order chi connectivity index (χ0) is 13.8. The molecule has 2 aliphatic heterocycles. The third-order valence-electron chi connectivity index (χ3n) is 4.08. The highest BCUT2D eigenvalue weighted by molar-refractivity contribution is 5.81. The zero-order valence-corrected chi connectivity index (χ0v) is 12.2. The van der Waals surface area contributed by atoms with Crippen LogP contribution < -0.4 is 10.6 Å². The summed E-state index contributed by atoms with van der Waals surface area (Å²) in [5.74, 6) is 1.72. The van der Waals surface area contributed by atoms with Crippen LogP contribution in [0.1, 0.15) is 18.9 Å². The topological polar surface area (TPSA) is 39.7 Å². The summed E-state index contributed by atoms with van der Waals surface area (Å²) < 4.78 is 0. The molecule has 1 saturated heterocycles. The van der Waals surface area contributed by atoms with Crippen LogP contribution in [0.5, 0.6) is 0 Å². The fourth-order valence-corrected chi connectivity index (χ4v) is 2.97. The number of rotatable bonds is 4. The molecule has 4 heteroatoms. The molecule has 2 atom stereocenters. The standard InChI is InChI=1S/C16H24N4/c1-13-9-17-16(19-13)18-10-15-7-8-20(12-15)11-14-5-3-2-4-6-14/h2-6,13,15H,7-12H2,1H3,(H2,17,18,19). The molecule has 2 heterocycles. The number of likely N-dealkylation sites (tertiary alicyclic amines) is 1. The first-order valence-corrected chi connectivity index (χ1v) is 7.61. The summed E-state index contributed by atoms with van der Waals surface area (Å²) in [5, 5.41) is 6.80. The van der Waals surface area contributed by atoms with Gasteiger partial charge in [0.05, 0.1) is 6.54 Å². The minimum Gasteiger partial charge on any atom is -0.356 e. The molecule has 2 aliphatic rings. The van der Waals surface area contributed by atoms with Crippen molar-refractivity contribution in [3.05, 3.63) is 35.9 Å². The second-order valence-corrected chi connectivity index (χ2v) is 5.99. The second-order valence-electron chi connectivity index (χ2n) is 5.99. The predicted octanol–water partition coefficient (Wildman–Crippen LogP) is 1.45. The number of benzene rings is 1. The number of nitrogens with one attached hydrogen (secondary N) is 2. The van der Waals surface area contributed by atoms with Gasteiger partial charge >= 0.3 is 0 Å². The lowest BCUT2D eigenvalue weighted by molar-refractivity contribution is 0.316. The predicted molar refractivity (Wildman–Crippen MR) is 82.7 cm³/mol. The van der Waals surface area contributed by atoms with Crippen LogP contribution in [-0.4, -0.2) is 43.1 Å². The van der Waals surface area contributed by atoms with Crippen LogP contribution >= 0.6 is 0 Å². The van der Waals surface area contributed by atoms with Crippen LogP contribution in [-0.2, 0) is 6.54 Å². The van der Waals surface area contributed by atoms with E-state index >= 15 is 0 Å². The Morgan fingerprint density at radius 1 is 1.35 bits per heavy atom. The molecule has 2 N–H and O–H groups in total. The van der Waals surface area contributed by atoms with Crippen LogP contribution in [0.25, 0.3) is 0 Å². The molecule has 0 bridgehead atoms. The van der Waals surface area contributed by atoms with E-state index in [9.17, 15) is 0 Å². The molecule has 2 unspecified atom stereocenters. The fourth-order valence-electron chi connectivity index (χ4n) is 2.97. The zero-order valence-electron chi connectivity index (χ0n) is 12.2. The van der Waals surface area contributed by atoms with Gasteiger partial charge < -0.3 is 10.6 Å². The largest absolute Gasteiger partial charge is 0.356 e. The van der Waals surface area contributed by atoms with Crippen molar-refractivity contribution >= 4 is 5.96 Å². The maximum Gasteiger partial charge on any atom is 0.191 e. The summed E-state index contributed by atoms with van der Waals surface area (Å²) in [6.45, 7) is 7.56. The van der Waals surface area contributed by atoms with Gasteiger partial charge in [-0.1, -0.05) is 30.3 Å². The molecule has 0 aromatic heterocycles. The van der Waals surface area contributed by atoms with E-state index in [-0.39, 0.29) is 0 Å². The molecule has 1 aromatic rings. The van der Waals surface area contributed by atoms with Crippen LogP contribution in [0.2, 0.25) is 0 Å². The number of nitrogens with zero attached hydrogens (tertiary/aromatic N) is 2. The maximum absolute atomic E-state index is 4.45. The van der Waals surface area contributed by atoms with E-state index in [1.807, 2.05) is 0 Å². The van der Waals surface area contributed by atoms with Crippen molar-refractivity contribution in [2.24, 2.45) is 10.9 Å². The average Bonchev–Trinajstić information content (AvgIpc) is 3.07. The van der Waals surface area contributed by atoms with Gasteiger partial charge in [-0.3, -0.25) is 9.89 Å². The average molecular weight is 272 g/mol. The highest BCUT2D eigenvalue weighted by Crippen LogP contribution is 2.18. The lowest BCUT2D eigenvalue weighted by Gasteiger charge is -2.17. The highest BCUT2D eigenvalue weighted by Gasteiger charge is 2.23. The lowest BCUT2D eigenvalue weighted by Crippen LogP contribution is -2.40. The van der Waals surface area contributed by atoms with Crippen molar-refractivity contribution in [3.63, 3.8) is 0 Å². The van der Waals surface area contributed by atoms with Gasteiger partial charge in [0, 0.05) is 25.7 Å². The Kier molecular flexibility index (Phi) is 4.21. The molecular weight excluding hydrogens is 248 g/mol. The van der Waals surface area contributed by atoms with Crippen LogP contribution in [0.3, 0.4) is 0 Å². The van der Waals surface area contributed by atoms with Crippen molar-refractivity contribution in [3.8, 4) is 0 Å². The molecule has 108 valence electrons. The molecule has 3 rings (SSSR count). The molecule has 4 nitrogen and oxygen atoms in total. The lowest BCUT2D eigenvalue weighted by atomic mass is 10.1. The van der Waals surface area contributed by atoms with Crippen LogP contribution in [0.4, 0.5) is 0 Å². The Labute approximate surface area is 121 Å². The molecule has 1 aromatic carbocycles. The van der Waals surface area contributed by atoms with Gasteiger partial charge in [0.25, 0.3) is 0 Å². The van der Waals surface area contributed by atoms with E-state index < -0.39 is 0 Å². The summed E-state index contributed by atoms with van der Waals surface area (Å²) in [4.78, 5) is 7.00. The Morgan fingerprint density at radius 3 is 2.95 bits per heavy atom. The van der Waals surface area contributed by atoms with Crippen molar-refractivity contribution < 1.29 is 0 Å². The quantitative estimate of drug-likeness (QED) is 0.871. The first kappa shape index (κ1) is 13.4. The molecule has 0 saturated carbocycles. The Balaban J connectivity index is 1.41. The van der Waals surface area contributed by atoms with E-state index in [0.717, 1.165) is 31.5 Å². The SMILES string of the molecule is CC1CN=C(NCC2CCN(Cc3ccccc3)C2)N1. The fraction of sp³-hybridized carbons (Fsp3) is 0.562. The molecule has 0 aliphatic carbocycles. The van der Waals surface area contributed by atoms with Crippen molar-refractivity contribution in [1.82, 2.24) is 15.5 Å². The molecule has 0 spiro atoms. The highest BCUT2D eigenvalue weighted by atomic mass is 15.2. The normalized spacial score (nSPS) is 26.4. The van der Waals surface area contributed by atoms with Crippen LogP contribution in [0, 0.1) is 5.92 Å². The van der Waals surface area contributed by atoms with Gasteiger partial charge in [0.1, 0.15) is 0 Å². The monoisotopic (exact) mass is 272 g/mol. The summed E-state index contributed by atoms with van der Waals surface area (Å²) in [5.41, 5.74) is 1.41. The molecular formula is C16H24N4. The van der Waals surface area contributed by atoms with Gasteiger partial charge in [0.2, 0.25) is 0 Å². The summed E-state index contributed by atoms with van der Waals surface area (Å²) in [7, 11) is 0. The van der Waals surface area contributed by atoms with Crippen molar-refractivity contribution in [2.75, 3.05) is 26.2 Å². The summed E-state index contributed by atoms with van der Waals surface area (Å²) in [6.07, 6.45) is 1.28. The van der Waals surface area contributed by atoms with Crippen molar-refractivity contribution in [2.45, 2.75) is 25.9 Å². The Morgan fingerprint density at radius 2 is 2.20 bits per heavy atom. The molecule has 20 heavy (non-hydrogen) atoms. The van der Waals surface area contributed by atoms with E-state index in [2.05, 4.69) is 57.8 Å². The van der Waals surface area contributed by atoms with E-state index in [4.69, 9.17) is 0 Å².